The SMILES string of the molecule is CC(CCC(=O)OC(C)(C)C)Nc1ccc([N+](=O)[O-])c(N)n1. The van der Waals surface area contributed by atoms with Crippen LogP contribution in [0.3, 0.4) is 0 Å². The summed E-state index contributed by atoms with van der Waals surface area (Å²) in [6.07, 6.45) is 0.821. The molecule has 1 heterocycles. The lowest BCUT2D eigenvalue weighted by molar-refractivity contribution is -0.384. The molecule has 0 spiro atoms. The number of aromatic nitrogens is 1. The lowest BCUT2D eigenvalue weighted by Gasteiger charge is -2.20. The highest BCUT2D eigenvalue weighted by Crippen LogP contribution is 2.21. The molecule has 8 heteroatoms. The Balaban J connectivity index is 2.52. The normalized spacial score (nSPS) is 12.5. The minimum absolute atomic E-state index is 0.0547. The minimum atomic E-state index is -0.585. The number of nitrogens with one attached hydrogen (secondary N) is 1. The van der Waals surface area contributed by atoms with Crippen molar-refractivity contribution in [1.29, 1.82) is 0 Å². The molecule has 3 N–H and O–H groups in total. The average molecular weight is 310 g/mol. The quantitative estimate of drug-likeness (QED) is 0.470. The molecule has 0 amide bonds. The topological polar surface area (TPSA) is 120 Å². The van der Waals surface area contributed by atoms with Crippen molar-refractivity contribution in [3.63, 3.8) is 0 Å². The molecule has 0 aromatic carbocycles. The summed E-state index contributed by atoms with van der Waals surface area (Å²) < 4.78 is 5.22. The van der Waals surface area contributed by atoms with Gasteiger partial charge in [-0.3, -0.25) is 14.9 Å². The Bertz CT molecular complexity index is 554. The van der Waals surface area contributed by atoms with E-state index in [-0.39, 0.29) is 29.9 Å². The second-order valence-electron chi connectivity index (χ2n) is 6.03. The Kier molecular flexibility index (Phi) is 5.67. The molecule has 122 valence electrons. The summed E-state index contributed by atoms with van der Waals surface area (Å²) in [4.78, 5) is 25.6. The molecular formula is C14H22N4O4. The lowest BCUT2D eigenvalue weighted by Crippen LogP contribution is -2.25. The summed E-state index contributed by atoms with van der Waals surface area (Å²) in [6, 6.07) is 2.73. The molecule has 0 aliphatic carbocycles. The second-order valence-corrected chi connectivity index (χ2v) is 6.03. The van der Waals surface area contributed by atoms with Crippen LogP contribution in [-0.4, -0.2) is 27.5 Å². The zero-order valence-electron chi connectivity index (χ0n) is 13.3. The molecule has 1 rings (SSSR count). The van der Waals surface area contributed by atoms with E-state index < -0.39 is 10.5 Å². The van der Waals surface area contributed by atoms with Gasteiger partial charge in [-0.05, 0) is 40.2 Å². The van der Waals surface area contributed by atoms with Crippen molar-refractivity contribution in [3.8, 4) is 0 Å². The summed E-state index contributed by atoms with van der Waals surface area (Å²) >= 11 is 0. The van der Waals surface area contributed by atoms with Crippen LogP contribution in [0.2, 0.25) is 0 Å². The Morgan fingerprint density at radius 3 is 2.64 bits per heavy atom. The van der Waals surface area contributed by atoms with E-state index in [2.05, 4.69) is 10.3 Å². The molecule has 0 radical (unpaired) electrons. The van der Waals surface area contributed by atoms with Gasteiger partial charge in [0.15, 0.2) is 0 Å². The number of nitrogens with two attached hydrogens (primary N) is 1. The minimum Gasteiger partial charge on any atom is -0.460 e. The third-order valence-corrected chi connectivity index (χ3v) is 2.69. The molecule has 0 saturated heterocycles. The van der Waals surface area contributed by atoms with E-state index in [1.807, 2.05) is 27.7 Å². The first-order valence-electron chi connectivity index (χ1n) is 6.98. The number of carbonyl (C=O) groups is 1. The second kappa shape index (κ2) is 7.06. The number of anilines is 2. The van der Waals surface area contributed by atoms with E-state index in [1.165, 1.54) is 12.1 Å². The number of nitrogens with zero attached hydrogens (tertiary/aromatic N) is 2. The predicted octanol–water partition coefficient (Wildman–Crippen LogP) is 2.49. The van der Waals surface area contributed by atoms with Crippen molar-refractivity contribution in [3.05, 3.63) is 22.2 Å². The smallest absolute Gasteiger partial charge is 0.311 e. The monoisotopic (exact) mass is 310 g/mol. The van der Waals surface area contributed by atoms with Gasteiger partial charge in [-0.1, -0.05) is 0 Å². The zero-order chi connectivity index (χ0) is 16.9. The maximum absolute atomic E-state index is 11.6. The van der Waals surface area contributed by atoms with Gasteiger partial charge in [-0.2, -0.15) is 0 Å². The Morgan fingerprint density at radius 2 is 2.14 bits per heavy atom. The molecule has 0 saturated carbocycles. The van der Waals surface area contributed by atoms with Crippen molar-refractivity contribution in [2.75, 3.05) is 11.1 Å². The van der Waals surface area contributed by atoms with Crippen molar-refractivity contribution in [1.82, 2.24) is 4.98 Å². The summed E-state index contributed by atoms with van der Waals surface area (Å²) in [7, 11) is 0. The molecule has 0 fully saturated rings. The van der Waals surface area contributed by atoms with E-state index in [1.54, 1.807) is 0 Å². The number of nitro groups is 1. The first-order chi connectivity index (χ1) is 10.1. The number of rotatable bonds is 6. The summed E-state index contributed by atoms with van der Waals surface area (Å²) in [5.74, 6) is 0.0199. The largest absolute Gasteiger partial charge is 0.460 e. The van der Waals surface area contributed by atoms with Crippen molar-refractivity contribution in [2.45, 2.75) is 52.2 Å². The Hall–Kier alpha value is -2.38. The van der Waals surface area contributed by atoms with Gasteiger partial charge in [-0.25, -0.2) is 4.98 Å². The molecule has 0 aliphatic rings. The summed E-state index contributed by atoms with van der Waals surface area (Å²) in [6.45, 7) is 7.33. The van der Waals surface area contributed by atoms with Crippen LogP contribution in [0, 0.1) is 10.1 Å². The lowest BCUT2D eigenvalue weighted by atomic mass is 10.1. The van der Waals surface area contributed by atoms with E-state index >= 15 is 0 Å². The molecule has 0 bridgehead atoms. The van der Waals surface area contributed by atoms with E-state index in [0.717, 1.165) is 0 Å². The van der Waals surface area contributed by atoms with Gasteiger partial charge < -0.3 is 15.8 Å². The predicted molar refractivity (Wildman–Crippen MR) is 83.5 cm³/mol. The zero-order valence-corrected chi connectivity index (χ0v) is 13.3. The van der Waals surface area contributed by atoms with Crippen LogP contribution in [0.25, 0.3) is 0 Å². The third kappa shape index (κ3) is 5.94. The molecule has 22 heavy (non-hydrogen) atoms. The molecule has 1 atom stereocenters. The number of carbonyl (C=O) groups excluding carboxylic acids is 1. The molecule has 1 aromatic heterocycles. The number of nitrogen functional groups attached to an aromatic ring is 1. The van der Waals surface area contributed by atoms with Crippen LogP contribution in [-0.2, 0) is 9.53 Å². The fraction of sp³-hybridized carbons (Fsp3) is 0.571. The fourth-order valence-electron chi connectivity index (χ4n) is 1.75. The van der Waals surface area contributed by atoms with Crippen LogP contribution in [0.15, 0.2) is 12.1 Å². The Morgan fingerprint density at radius 1 is 1.50 bits per heavy atom. The summed E-state index contributed by atoms with van der Waals surface area (Å²) in [5, 5.41) is 13.7. The number of hydrogen-bond acceptors (Lipinski definition) is 7. The first kappa shape index (κ1) is 17.7. The molecule has 8 nitrogen and oxygen atoms in total. The van der Waals surface area contributed by atoms with Gasteiger partial charge in [-0.15, -0.1) is 0 Å². The molecule has 1 unspecified atom stereocenters. The van der Waals surface area contributed by atoms with Gasteiger partial charge >= 0.3 is 11.7 Å². The molecular weight excluding hydrogens is 288 g/mol. The third-order valence-electron chi connectivity index (χ3n) is 2.69. The number of pyridine rings is 1. The number of hydrogen-bond donors (Lipinski definition) is 2. The van der Waals surface area contributed by atoms with Crippen LogP contribution in [0.4, 0.5) is 17.3 Å². The van der Waals surface area contributed by atoms with E-state index in [4.69, 9.17) is 10.5 Å². The van der Waals surface area contributed by atoms with E-state index in [0.29, 0.717) is 12.2 Å². The molecule has 1 aromatic rings. The van der Waals surface area contributed by atoms with Gasteiger partial charge in [0.25, 0.3) is 0 Å². The highest BCUT2D eigenvalue weighted by Gasteiger charge is 2.17. The van der Waals surface area contributed by atoms with Crippen molar-refractivity contribution >= 4 is 23.3 Å². The fourth-order valence-corrected chi connectivity index (χ4v) is 1.75. The van der Waals surface area contributed by atoms with Crippen LogP contribution < -0.4 is 11.1 Å². The highest BCUT2D eigenvalue weighted by atomic mass is 16.6. The molecule has 0 aliphatic heterocycles. The first-order valence-corrected chi connectivity index (χ1v) is 6.98. The van der Waals surface area contributed by atoms with Gasteiger partial charge in [0.05, 0.1) is 4.92 Å². The highest BCUT2D eigenvalue weighted by molar-refractivity contribution is 5.70. The maximum atomic E-state index is 11.6. The number of ether oxygens (including phenoxy) is 1. The Labute approximate surface area is 129 Å². The van der Waals surface area contributed by atoms with Crippen molar-refractivity contribution in [2.24, 2.45) is 0 Å². The summed E-state index contributed by atoms with van der Waals surface area (Å²) in [5.41, 5.74) is 4.80. The van der Waals surface area contributed by atoms with Gasteiger partial charge in [0.2, 0.25) is 5.82 Å². The standard InChI is InChI=1S/C14H22N4O4/c1-9(5-8-12(19)22-14(2,3)4)16-11-7-6-10(18(20)21)13(15)17-11/h6-7,9H,5,8H2,1-4H3,(H3,15,16,17). The van der Waals surface area contributed by atoms with Gasteiger partial charge in [0, 0.05) is 18.5 Å². The van der Waals surface area contributed by atoms with Gasteiger partial charge in [0.1, 0.15) is 11.4 Å². The van der Waals surface area contributed by atoms with Crippen LogP contribution >= 0.6 is 0 Å². The van der Waals surface area contributed by atoms with E-state index in [9.17, 15) is 14.9 Å². The van der Waals surface area contributed by atoms with Crippen molar-refractivity contribution < 1.29 is 14.5 Å². The number of esters is 1. The van der Waals surface area contributed by atoms with Crippen LogP contribution in [0.5, 0.6) is 0 Å². The average Bonchev–Trinajstić information content (AvgIpc) is 2.34. The maximum Gasteiger partial charge on any atom is 0.311 e. The van der Waals surface area contributed by atoms with Crippen LogP contribution in [0.1, 0.15) is 40.5 Å².